The molecular weight excluding hydrogens is 262 g/mol. The first-order chi connectivity index (χ1) is 5.92. The van der Waals surface area contributed by atoms with Crippen LogP contribution in [0.1, 0.15) is 18.2 Å². The summed E-state index contributed by atoms with van der Waals surface area (Å²) in [6, 6.07) is 3.14. The first kappa shape index (κ1) is 11.1. The van der Waals surface area contributed by atoms with Crippen molar-refractivity contribution in [3.8, 4) is 0 Å². The number of hydrogen-bond donors (Lipinski definition) is 1. The van der Waals surface area contributed by atoms with Gasteiger partial charge in [-0.25, -0.2) is 0 Å². The Labute approximate surface area is 87.5 Å². The molecule has 1 nitrogen and oxygen atoms in total. The summed E-state index contributed by atoms with van der Waals surface area (Å²) in [4.78, 5) is -3.02. The maximum atomic E-state index is 13.0. The smallest absolute Gasteiger partial charge is 0.334 e. The summed E-state index contributed by atoms with van der Waals surface area (Å²) in [6.07, 6.45) is -0.0359. The molecule has 13 heavy (non-hydrogen) atoms. The van der Waals surface area contributed by atoms with E-state index in [-0.39, 0.29) is 11.3 Å². The summed E-state index contributed by atoms with van der Waals surface area (Å²) >= 11 is 3.33. The normalized spacial score (nSPS) is 17.0. The van der Waals surface area contributed by atoms with E-state index in [2.05, 4.69) is 15.9 Å². The standard InChI is InChI=1S/C8H9BrF2OS/c1-2-7(12,8(9,10)11)6-4-3-5-13-6/h3-5,12H,2H2,1H3. The van der Waals surface area contributed by atoms with Gasteiger partial charge in [0.05, 0.1) is 0 Å². The minimum Gasteiger partial charge on any atom is -0.377 e. The highest BCUT2D eigenvalue weighted by Gasteiger charge is 2.51. The lowest BCUT2D eigenvalue weighted by Gasteiger charge is -2.30. The Balaban J connectivity index is 3.09. The van der Waals surface area contributed by atoms with Gasteiger partial charge in [-0.1, -0.05) is 13.0 Å². The molecule has 0 amide bonds. The molecule has 1 aromatic heterocycles. The third-order valence-electron chi connectivity index (χ3n) is 1.91. The Morgan fingerprint density at radius 2 is 2.23 bits per heavy atom. The fraction of sp³-hybridized carbons (Fsp3) is 0.500. The Hall–Kier alpha value is -0.000000000000000111. The Kier molecular flexibility index (Phi) is 3.09. The van der Waals surface area contributed by atoms with Crippen molar-refractivity contribution in [3.63, 3.8) is 0 Å². The molecule has 5 heteroatoms. The molecule has 0 saturated heterocycles. The molecule has 1 unspecified atom stereocenters. The second-order valence-corrected chi connectivity index (χ2v) is 4.63. The zero-order valence-electron chi connectivity index (χ0n) is 6.93. The van der Waals surface area contributed by atoms with Crippen molar-refractivity contribution in [2.45, 2.75) is 23.8 Å². The van der Waals surface area contributed by atoms with Crippen LogP contribution in [0.4, 0.5) is 8.78 Å². The van der Waals surface area contributed by atoms with Gasteiger partial charge in [0.2, 0.25) is 0 Å². The van der Waals surface area contributed by atoms with Gasteiger partial charge < -0.3 is 5.11 Å². The lowest BCUT2D eigenvalue weighted by molar-refractivity contribution is -0.121. The van der Waals surface area contributed by atoms with Crippen LogP contribution in [-0.4, -0.2) is 9.94 Å². The van der Waals surface area contributed by atoms with Gasteiger partial charge in [-0.15, -0.1) is 11.3 Å². The summed E-state index contributed by atoms with van der Waals surface area (Å²) in [5.74, 6) is 0. The van der Waals surface area contributed by atoms with E-state index < -0.39 is 10.4 Å². The van der Waals surface area contributed by atoms with Crippen molar-refractivity contribution in [1.29, 1.82) is 0 Å². The van der Waals surface area contributed by atoms with Crippen molar-refractivity contribution in [2.75, 3.05) is 0 Å². The van der Waals surface area contributed by atoms with Crippen LogP contribution in [0.5, 0.6) is 0 Å². The van der Waals surface area contributed by atoms with Crippen LogP contribution in [-0.2, 0) is 5.60 Å². The number of halogens is 3. The van der Waals surface area contributed by atoms with E-state index >= 15 is 0 Å². The maximum absolute atomic E-state index is 13.0. The first-order valence-electron chi connectivity index (χ1n) is 3.75. The maximum Gasteiger partial charge on any atom is 0.334 e. The van der Waals surface area contributed by atoms with Gasteiger partial charge in [0.15, 0.2) is 5.60 Å². The van der Waals surface area contributed by atoms with Gasteiger partial charge in [-0.05, 0) is 33.8 Å². The third kappa shape index (κ3) is 1.92. The molecule has 1 N–H and O–H groups in total. The van der Waals surface area contributed by atoms with Gasteiger partial charge >= 0.3 is 4.83 Å². The molecule has 74 valence electrons. The minimum atomic E-state index is -3.29. The Bertz CT molecular complexity index is 270. The second-order valence-electron chi connectivity index (χ2n) is 2.69. The molecule has 1 aromatic rings. The molecule has 0 aromatic carbocycles. The lowest BCUT2D eigenvalue weighted by Crippen LogP contribution is -2.39. The van der Waals surface area contributed by atoms with Crippen LogP contribution < -0.4 is 0 Å². The van der Waals surface area contributed by atoms with E-state index in [1.165, 1.54) is 13.0 Å². The predicted octanol–water partition coefficient (Wildman–Crippen LogP) is 3.33. The van der Waals surface area contributed by atoms with Gasteiger partial charge in [0.25, 0.3) is 0 Å². The molecule has 0 aliphatic carbocycles. The minimum absolute atomic E-state index is 0.0359. The quantitative estimate of drug-likeness (QED) is 0.836. The Morgan fingerprint density at radius 1 is 1.62 bits per heavy atom. The summed E-state index contributed by atoms with van der Waals surface area (Å²) < 4.78 is 26.0. The number of hydrogen-bond acceptors (Lipinski definition) is 2. The molecular formula is C8H9BrF2OS. The van der Waals surface area contributed by atoms with Crippen LogP contribution in [0.3, 0.4) is 0 Å². The predicted molar refractivity (Wildman–Crippen MR) is 52.4 cm³/mol. The fourth-order valence-corrected chi connectivity index (χ4v) is 2.58. The summed E-state index contributed by atoms with van der Waals surface area (Å²) in [5, 5.41) is 11.4. The van der Waals surface area contributed by atoms with Crippen LogP contribution in [0.15, 0.2) is 17.5 Å². The largest absolute Gasteiger partial charge is 0.377 e. The second kappa shape index (κ2) is 3.63. The van der Waals surface area contributed by atoms with Crippen LogP contribution in [0.2, 0.25) is 0 Å². The SMILES string of the molecule is CCC(O)(c1cccs1)C(F)(F)Br. The lowest BCUT2D eigenvalue weighted by atomic mass is 9.99. The van der Waals surface area contributed by atoms with Crippen molar-refractivity contribution >= 4 is 27.3 Å². The van der Waals surface area contributed by atoms with E-state index in [0.29, 0.717) is 0 Å². The molecule has 0 bridgehead atoms. The van der Waals surface area contributed by atoms with Crippen molar-refractivity contribution < 1.29 is 13.9 Å². The molecule has 0 fully saturated rings. The van der Waals surface area contributed by atoms with Crippen molar-refractivity contribution in [3.05, 3.63) is 22.4 Å². The average molecular weight is 271 g/mol. The Morgan fingerprint density at radius 3 is 2.54 bits per heavy atom. The molecule has 1 heterocycles. The highest BCUT2D eigenvalue weighted by Crippen LogP contribution is 2.45. The molecule has 0 spiro atoms. The monoisotopic (exact) mass is 270 g/mol. The molecule has 0 aliphatic rings. The average Bonchev–Trinajstić information content (AvgIpc) is 2.52. The zero-order valence-corrected chi connectivity index (χ0v) is 9.33. The van der Waals surface area contributed by atoms with Gasteiger partial charge in [0, 0.05) is 4.88 Å². The number of alkyl halides is 3. The van der Waals surface area contributed by atoms with E-state index in [4.69, 9.17) is 0 Å². The highest BCUT2D eigenvalue weighted by molar-refractivity contribution is 9.10. The third-order valence-corrected chi connectivity index (χ3v) is 3.59. The van der Waals surface area contributed by atoms with Crippen molar-refractivity contribution in [2.24, 2.45) is 0 Å². The topological polar surface area (TPSA) is 20.2 Å². The van der Waals surface area contributed by atoms with Gasteiger partial charge in [-0.2, -0.15) is 8.78 Å². The van der Waals surface area contributed by atoms with E-state index in [1.807, 2.05) is 0 Å². The zero-order chi connectivity index (χ0) is 10.1. The van der Waals surface area contributed by atoms with Crippen LogP contribution >= 0.6 is 27.3 Å². The molecule has 0 aliphatic heterocycles. The van der Waals surface area contributed by atoms with Gasteiger partial charge in [0.1, 0.15) is 0 Å². The molecule has 1 atom stereocenters. The highest BCUT2D eigenvalue weighted by atomic mass is 79.9. The number of aliphatic hydroxyl groups is 1. The first-order valence-corrected chi connectivity index (χ1v) is 5.42. The number of thiophene rings is 1. The van der Waals surface area contributed by atoms with Crippen LogP contribution in [0.25, 0.3) is 0 Å². The van der Waals surface area contributed by atoms with E-state index in [0.717, 1.165) is 11.3 Å². The van der Waals surface area contributed by atoms with Gasteiger partial charge in [-0.3, -0.25) is 0 Å². The van der Waals surface area contributed by atoms with Crippen molar-refractivity contribution in [1.82, 2.24) is 0 Å². The number of rotatable bonds is 3. The molecule has 0 saturated carbocycles. The summed E-state index contributed by atoms with van der Waals surface area (Å²) in [5.41, 5.74) is -2.10. The van der Waals surface area contributed by atoms with E-state index in [1.54, 1.807) is 11.4 Å². The van der Waals surface area contributed by atoms with Crippen LogP contribution in [0, 0.1) is 0 Å². The van der Waals surface area contributed by atoms with E-state index in [9.17, 15) is 13.9 Å². The summed E-state index contributed by atoms with van der Waals surface area (Å²) in [7, 11) is 0. The summed E-state index contributed by atoms with van der Waals surface area (Å²) in [6.45, 7) is 1.52. The fourth-order valence-electron chi connectivity index (χ4n) is 1.03. The molecule has 0 radical (unpaired) electrons. The molecule has 1 rings (SSSR count).